The van der Waals surface area contributed by atoms with Gasteiger partial charge in [-0.3, -0.25) is 9.48 Å². The summed E-state index contributed by atoms with van der Waals surface area (Å²) in [5, 5.41) is 11.0. The number of hydrogen-bond acceptors (Lipinski definition) is 7. The number of carbonyl (C=O) groups is 1. The average molecular weight is 454 g/mol. The summed E-state index contributed by atoms with van der Waals surface area (Å²) < 4.78 is 6.25. The van der Waals surface area contributed by atoms with Crippen molar-refractivity contribution in [2.75, 3.05) is 6.54 Å². The van der Waals surface area contributed by atoms with Crippen LogP contribution in [0.3, 0.4) is 0 Å². The summed E-state index contributed by atoms with van der Waals surface area (Å²) in [5.41, 5.74) is 6.93. The van der Waals surface area contributed by atoms with Gasteiger partial charge in [-0.25, -0.2) is 10.1 Å². The van der Waals surface area contributed by atoms with Crippen LogP contribution in [0.15, 0.2) is 52.6 Å². The van der Waals surface area contributed by atoms with E-state index in [9.17, 15) is 4.79 Å². The molecule has 3 heterocycles. The molecule has 11 heteroatoms. The molecule has 6 N–H and O–H groups in total. The molecule has 0 bridgehead atoms. The highest BCUT2D eigenvalue weighted by atomic mass is 32.2. The van der Waals surface area contributed by atoms with Crippen LogP contribution in [0.5, 0.6) is 0 Å². The summed E-state index contributed by atoms with van der Waals surface area (Å²) in [6.07, 6.45) is 1.84. The second-order valence-electron chi connectivity index (χ2n) is 7.50. The van der Waals surface area contributed by atoms with Crippen LogP contribution in [0, 0.1) is 6.92 Å². The van der Waals surface area contributed by atoms with E-state index in [1.54, 1.807) is 11.9 Å². The zero-order chi connectivity index (χ0) is 22.7. The van der Waals surface area contributed by atoms with Crippen molar-refractivity contribution in [3.8, 4) is 0 Å². The van der Waals surface area contributed by atoms with E-state index in [0.29, 0.717) is 18.1 Å². The Morgan fingerprint density at radius 1 is 1.28 bits per heavy atom. The van der Waals surface area contributed by atoms with Gasteiger partial charge >= 0.3 is 0 Å². The smallest absolute Gasteiger partial charge is 0.268 e. The number of amides is 1. The number of hydrogen-bond donors (Lipinski definition) is 4. The lowest BCUT2D eigenvalue weighted by Crippen LogP contribution is -2.34. The van der Waals surface area contributed by atoms with E-state index in [2.05, 4.69) is 25.2 Å². The number of fused-ring (bicyclic) bond motifs is 1. The van der Waals surface area contributed by atoms with Crippen LogP contribution in [0.1, 0.15) is 33.0 Å². The van der Waals surface area contributed by atoms with E-state index in [1.807, 2.05) is 65.8 Å². The molecule has 1 aromatic carbocycles. The van der Waals surface area contributed by atoms with E-state index >= 15 is 0 Å². The summed E-state index contributed by atoms with van der Waals surface area (Å²) in [7, 11) is 1.91. The molecule has 1 aliphatic rings. The van der Waals surface area contributed by atoms with E-state index in [1.165, 1.54) is 5.69 Å². The fourth-order valence-corrected chi connectivity index (χ4v) is 4.80. The lowest BCUT2D eigenvalue weighted by Gasteiger charge is -2.26. The van der Waals surface area contributed by atoms with Gasteiger partial charge in [0, 0.05) is 42.5 Å². The van der Waals surface area contributed by atoms with E-state index in [4.69, 9.17) is 11.7 Å². The lowest BCUT2D eigenvalue weighted by molar-refractivity contribution is 0.0942. The highest BCUT2D eigenvalue weighted by molar-refractivity contribution is 7.97. The summed E-state index contributed by atoms with van der Waals surface area (Å²) in [5.74, 6) is 11.1. The average Bonchev–Trinajstić information content (AvgIpc) is 3.39. The Hall–Kier alpha value is -3.28. The molecule has 10 nitrogen and oxygen atoms in total. The second kappa shape index (κ2) is 9.47. The van der Waals surface area contributed by atoms with Crippen LogP contribution >= 0.6 is 11.9 Å². The van der Waals surface area contributed by atoms with Gasteiger partial charge in [-0.15, -0.1) is 0 Å². The zero-order valence-electron chi connectivity index (χ0n) is 18.1. The normalized spacial score (nSPS) is 14.3. The zero-order valence-corrected chi connectivity index (χ0v) is 18.9. The number of hydrazine groups is 1. The molecule has 0 saturated heterocycles. The minimum Gasteiger partial charge on any atom is -0.347 e. The van der Waals surface area contributed by atoms with Crippen molar-refractivity contribution < 1.29 is 4.79 Å². The van der Waals surface area contributed by atoms with Crippen LogP contribution in [0.2, 0.25) is 0 Å². The number of nitrogens with zero attached hydrogens (tertiary/aromatic N) is 5. The Labute approximate surface area is 190 Å². The first-order valence-corrected chi connectivity index (χ1v) is 11.0. The molecular formula is C21H27N9OS. The van der Waals surface area contributed by atoms with Gasteiger partial charge in [-0.1, -0.05) is 24.3 Å². The summed E-state index contributed by atoms with van der Waals surface area (Å²) in [4.78, 5) is 14.0. The predicted octanol–water partition coefficient (Wildman–Crippen LogP) is 1.07. The molecule has 4 rings (SSSR count). The van der Waals surface area contributed by atoms with Crippen molar-refractivity contribution in [3.63, 3.8) is 0 Å². The van der Waals surface area contributed by atoms with Gasteiger partial charge in [0.2, 0.25) is 0 Å². The molecule has 1 amide bonds. The maximum absolute atomic E-state index is 13.0. The first-order chi connectivity index (χ1) is 15.5. The van der Waals surface area contributed by atoms with Crippen molar-refractivity contribution in [2.45, 2.75) is 31.5 Å². The Morgan fingerprint density at radius 3 is 2.88 bits per heavy atom. The van der Waals surface area contributed by atoms with Crippen LogP contribution < -0.4 is 22.4 Å². The van der Waals surface area contributed by atoms with Crippen molar-refractivity contribution in [2.24, 2.45) is 23.8 Å². The molecule has 0 unspecified atom stereocenters. The fourth-order valence-electron chi connectivity index (χ4n) is 3.72. The summed E-state index contributed by atoms with van der Waals surface area (Å²) in [6, 6.07) is 11.5. The first kappa shape index (κ1) is 21.9. The molecule has 0 atom stereocenters. The molecule has 0 spiro atoms. The molecule has 1 aliphatic heterocycles. The van der Waals surface area contributed by atoms with Crippen molar-refractivity contribution in [1.29, 1.82) is 0 Å². The molecule has 0 aliphatic carbocycles. The minimum atomic E-state index is -0.152. The molecule has 32 heavy (non-hydrogen) atoms. The van der Waals surface area contributed by atoms with Crippen LogP contribution in [-0.2, 0) is 26.7 Å². The molecule has 0 saturated carbocycles. The van der Waals surface area contributed by atoms with Crippen LogP contribution in [-0.4, -0.2) is 36.9 Å². The third kappa shape index (κ3) is 4.35. The summed E-state index contributed by atoms with van der Waals surface area (Å²) >= 11 is 1.68. The van der Waals surface area contributed by atoms with Gasteiger partial charge in [0.25, 0.3) is 5.91 Å². The van der Waals surface area contributed by atoms with Gasteiger partial charge in [0.05, 0.1) is 18.8 Å². The minimum absolute atomic E-state index is 0.152. The maximum Gasteiger partial charge on any atom is 0.268 e. The second-order valence-corrected chi connectivity index (χ2v) is 8.64. The Bertz CT molecular complexity index is 1150. The first-order valence-electron chi connectivity index (χ1n) is 10.2. The van der Waals surface area contributed by atoms with Gasteiger partial charge in [0.15, 0.2) is 5.84 Å². The molecule has 0 radical (unpaired) electrons. The van der Waals surface area contributed by atoms with Crippen LogP contribution in [0.4, 0.5) is 0 Å². The van der Waals surface area contributed by atoms with Crippen molar-refractivity contribution in [1.82, 2.24) is 29.4 Å². The maximum atomic E-state index is 13.0. The molecule has 3 aromatic rings. The Balaban J connectivity index is 1.45. The van der Waals surface area contributed by atoms with Gasteiger partial charge in [-0.2, -0.15) is 10.2 Å². The lowest BCUT2D eigenvalue weighted by atomic mass is 10.1. The van der Waals surface area contributed by atoms with Crippen molar-refractivity contribution >= 4 is 23.7 Å². The molecule has 2 aromatic heterocycles. The molecule has 168 valence electrons. The number of hydrazone groups is 1. The monoisotopic (exact) mass is 453 g/mol. The largest absolute Gasteiger partial charge is 0.347 e. The number of nitrogens with two attached hydrogens (primary N) is 2. The van der Waals surface area contributed by atoms with E-state index in [0.717, 1.165) is 41.4 Å². The number of aromatic nitrogens is 3. The van der Waals surface area contributed by atoms with E-state index < -0.39 is 0 Å². The number of nitrogens with one attached hydrogen (secondary N) is 2. The third-order valence-electron chi connectivity index (χ3n) is 5.63. The van der Waals surface area contributed by atoms with Gasteiger partial charge < -0.3 is 21.2 Å². The predicted molar refractivity (Wildman–Crippen MR) is 124 cm³/mol. The number of rotatable bonds is 6. The van der Waals surface area contributed by atoms with E-state index in [-0.39, 0.29) is 5.91 Å². The number of benzene rings is 1. The third-order valence-corrected chi connectivity index (χ3v) is 6.81. The SMILES string of the molecule is Cc1c(SN2CCn3nccc3C2)cc(C(=O)NCc2ccccc2C(=NN)NN)n1C. The molecular weight excluding hydrogens is 426 g/mol. The van der Waals surface area contributed by atoms with Gasteiger partial charge in [-0.05, 0) is 36.6 Å². The highest BCUT2D eigenvalue weighted by Gasteiger charge is 2.22. The number of amidine groups is 1. The molecule has 0 fully saturated rings. The standard InChI is InChI=1S/C21H27N9OS/c1-14-19(32-29-9-10-30-16(13-29)7-8-25-30)11-18(28(14)2)21(31)24-12-15-5-3-4-6-17(15)20(26-22)27-23/h3-8,11H,9-10,12-13,22-23H2,1-2H3,(H,24,31)(H,26,27). The highest BCUT2D eigenvalue weighted by Crippen LogP contribution is 2.31. The van der Waals surface area contributed by atoms with Gasteiger partial charge in [0.1, 0.15) is 5.69 Å². The fraction of sp³-hybridized carbons (Fsp3) is 0.286. The summed E-state index contributed by atoms with van der Waals surface area (Å²) in [6.45, 7) is 4.92. The van der Waals surface area contributed by atoms with Crippen molar-refractivity contribution in [3.05, 3.63) is 70.8 Å². The Morgan fingerprint density at radius 2 is 2.09 bits per heavy atom. The quantitative estimate of drug-likeness (QED) is 0.144. The number of carbonyl (C=O) groups excluding carboxylic acids is 1. The topological polar surface area (TPSA) is 132 Å². The van der Waals surface area contributed by atoms with Crippen LogP contribution in [0.25, 0.3) is 0 Å². The Kier molecular flexibility index (Phi) is 6.49.